The number of carbonyl (C=O) groups excluding carboxylic acids is 1. The monoisotopic (exact) mass is 700 g/mol. The minimum absolute atomic E-state index is 0.00627. The Labute approximate surface area is 302 Å². The lowest BCUT2D eigenvalue weighted by atomic mass is 9.93. The first-order valence-electron chi connectivity index (χ1n) is 20.9. The third-order valence-corrected chi connectivity index (χ3v) is 9.30. The van der Waals surface area contributed by atoms with Gasteiger partial charge in [-0.3, -0.25) is 9.59 Å². The van der Waals surface area contributed by atoms with Crippen LogP contribution in [-0.2, 0) is 28.5 Å². The van der Waals surface area contributed by atoms with Crippen LogP contribution in [0.15, 0.2) is 0 Å². The number of carbonyl (C=O) groups is 2. The fourth-order valence-electron chi connectivity index (χ4n) is 6.18. The van der Waals surface area contributed by atoms with E-state index < -0.39 is 5.97 Å². The topological polar surface area (TPSA) is 103 Å². The molecule has 0 radical (unpaired) electrons. The molecule has 8 heteroatoms. The molecule has 0 spiro atoms. The Morgan fingerprint density at radius 2 is 0.755 bits per heavy atom. The lowest BCUT2D eigenvalue weighted by Gasteiger charge is -2.17. The van der Waals surface area contributed by atoms with Gasteiger partial charge >= 0.3 is 5.97 Å². The van der Waals surface area contributed by atoms with Crippen molar-refractivity contribution in [2.24, 2.45) is 5.92 Å². The van der Waals surface area contributed by atoms with Gasteiger partial charge in [-0.25, -0.2) is 0 Å². The molecule has 0 aliphatic carbocycles. The predicted molar refractivity (Wildman–Crippen MR) is 203 cm³/mol. The van der Waals surface area contributed by atoms with Crippen LogP contribution in [0.5, 0.6) is 0 Å². The summed E-state index contributed by atoms with van der Waals surface area (Å²) < 4.78 is 21.8. The average molecular weight is 700 g/mol. The van der Waals surface area contributed by atoms with Crippen molar-refractivity contribution < 1.29 is 33.6 Å². The fraction of sp³-hybridized carbons (Fsp3) is 0.951. The molecule has 0 saturated carbocycles. The zero-order chi connectivity index (χ0) is 35.7. The van der Waals surface area contributed by atoms with Gasteiger partial charge in [-0.05, 0) is 12.8 Å². The SMILES string of the molecule is CCCCCCCCCCCCCCC(CCCCCCCCCCCCCC)C(=O)NCCOCCOCCOCCOCCC(=O)O. The highest BCUT2D eigenvalue weighted by molar-refractivity contribution is 5.78. The van der Waals surface area contributed by atoms with E-state index in [4.69, 9.17) is 24.1 Å². The van der Waals surface area contributed by atoms with Gasteiger partial charge in [-0.2, -0.15) is 0 Å². The lowest BCUT2D eigenvalue weighted by Crippen LogP contribution is -2.33. The third-order valence-electron chi connectivity index (χ3n) is 9.30. The smallest absolute Gasteiger partial charge is 0.305 e. The van der Waals surface area contributed by atoms with Crippen LogP contribution in [0.2, 0.25) is 0 Å². The zero-order valence-corrected chi connectivity index (χ0v) is 32.4. The van der Waals surface area contributed by atoms with Gasteiger partial charge in [-0.1, -0.05) is 168 Å². The number of rotatable bonds is 42. The van der Waals surface area contributed by atoms with Crippen molar-refractivity contribution >= 4 is 11.9 Å². The van der Waals surface area contributed by atoms with E-state index in [0.29, 0.717) is 52.8 Å². The van der Waals surface area contributed by atoms with Crippen molar-refractivity contribution in [1.82, 2.24) is 5.32 Å². The number of ether oxygens (including phenoxy) is 4. The highest BCUT2D eigenvalue weighted by Crippen LogP contribution is 2.20. The maximum atomic E-state index is 13.1. The quantitative estimate of drug-likeness (QED) is 0.0611. The van der Waals surface area contributed by atoms with E-state index in [9.17, 15) is 9.59 Å². The molecular formula is C41H81NO7. The van der Waals surface area contributed by atoms with Crippen LogP contribution < -0.4 is 5.32 Å². The molecular weight excluding hydrogens is 618 g/mol. The number of amides is 1. The van der Waals surface area contributed by atoms with E-state index in [1.54, 1.807) is 0 Å². The molecule has 1 amide bonds. The fourth-order valence-corrected chi connectivity index (χ4v) is 6.18. The summed E-state index contributed by atoms with van der Waals surface area (Å²) in [5.41, 5.74) is 0. The van der Waals surface area contributed by atoms with Crippen molar-refractivity contribution in [3.8, 4) is 0 Å². The normalized spacial score (nSPS) is 11.5. The maximum absolute atomic E-state index is 13.1. The van der Waals surface area contributed by atoms with E-state index in [0.717, 1.165) is 25.7 Å². The van der Waals surface area contributed by atoms with Gasteiger partial charge in [0.1, 0.15) is 0 Å². The second-order valence-electron chi connectivity index (χ2n) is 13.9. The summed E-state index contributed by atoms with van der Waals surface area (Å²) in [6, 6.07) is 0. The summed E-state index contributed by atoms with van der Waals surface area (Å²) in [5, 5.41) is 11.7. The molecule has 292 valence electrons. The predicted octanol–water partition coefficient (Wildman–Crippen LogP) is 10.4. The summed E-state index contributed by atoms with van der Waals surface area (Å²) in [4.78, 5) is 23.5. The first-order chi connectivity index (χ1) is 24.1. The Balaban J connectivity index is 4.05. The third kappa shape index (κ3) is 39.4. The van der Waals surface area contributed by atoms with Gasteiger partial charge < -0.3 is 29.4 Å². The van der Waals surface area contributed by atoms with E-state index in [1.165, 1.54) is 141 Å². The van der Waals surface area contributed by atoms with Crippen molar-refractivity contribution in [3.63, 3.8) is 0 Å². The van der Waals surface area contributed by atoms with Gasteiger partial charge in [0.2, 0.25) is 5.91 Å². The van der Waals surface area contributed by atoms with Crippen molar-refractivity contribution in [2.75, 3.05) is 59.4 Å². The molecule has 0 saturated heterocycles. The Hall–Kier alpha value is -1.22. The molecule has 2 N–H and O–H groups in total. The second-order valence-corrected chi connectivity index (χ2v) is 13.9. The molecule has 49 heavy (non-hydrogen) atoms. The maximum Gasteiger partial charge on any atom is 0.305 e. The molecule has 0 unspecified atom stereocenters. The van der Waals surface area contributed by atoms with Gasteiger partial charge in [-0.15, -0.1) is 0 Å². The van der Waals surface area contributed by atoms with Gasteiger partial charge in [0.05, 0.1) is 59.3 Å². The number of hydrogen-bond donors (Lipinski definition) is 2. The molecule has 0 aromatic carbocycles. The van der Waals surface area contributed by atoms with Gasteiger partial charge in [0, 0.05) is 12.5 Å². The summed E-state index contributed by atoms with van der Waals surface area (Å²) in [7, 11) is 0. The first-order valence-corrected chi connectivity index (χ1v) is 20.9. The first kappa shape index (κ1) is 47.8. The van der Waals surface area contributed by atoms with Crippen LogP contribution in [0.25, 0.3) is 0 Å². The molecule has 0 aromatic heterocycles. The Morgan fingerprint density at radius 1 is 0.449 bits per heavy atom. The van der Waals surface area contributed by atoms with Crippen LogP contribution in [0.1, 0.15) is 187 Å². The Kier molecular flexibility index (Phi) is 40.2. The van der Waals surface area contributed by atoms with Crippen LogP contribution in [0.3, 0.4) is 0 Å². The molecule has 0 rings (SSSR count). The summed E-state index contributed by atoms with van der Waals surface area (Å²) in [6.45, 7) is 8.46. The van der Waals surface area contributed by atoms with Crippen molar-refractivity contribution in [3.05, 3.63) is 0 Å². The van der Waals surface area contributed by atoms with Gasteiger partial charge in [0.25, 0.3) is 0 Å². The molecule has 0 bridgehead atoms. The number of hydrogen-bond acceptors (Lipinski definition) is 6. The van der Waals surface area contributed by atoms with E-state index in [-0.39, 0.29) is 24.9 Å². The van der Waals surface area contributed by atoms with Crippen LogP contribution >= 0.6 is 0 Å². The number of carboxylic acid groups (broad SMARTS) is 1. The minimum Gasteiger partial charge on any atom is -0.481 e. The van der Waals surface area contributed by atoms with E-state index in [1.807, 2.05) is 0 Å². The highest BCUT2D eigenvalue weighted by atomic mass is 16.6. The molecule has 0 atom stereocenters. The Bertz CT molecular complexity index is 650. The number of nitrogens with one attached hydrogen (secondary N) is 1. The Morgan fingerprint density at radius 3 is 1.10 bits per heavy atom. The molecule has 8 nitrogen and oxygen atoms in total. The molecule has 0 aromatic rings. The summed E-state index contributed by atoms with van der Waals surface area (Å²) >= 11 is 0. The standard InChI is InChI=1S/C41H81NO7/c1-3-5-7-9-11-13-15-17-19-21-23-25-27-39(28-26-24-22-20-18-16-14-12-10-8-6-4-2)41(45)42-30-32-47-34-36-49-38-37-48-35-33-46-31-29-40(43)44/h39H,3-38H2,1-2H3,(H,42,45)(H,43,44). The van der Waals surface area contributed by atoms with Crippen LogP contribution in [-0.4, -0.2) is 76.4 Å². The average Bonchev–Trinajstić information content (AvgIpc) is 3.09. The highest BCUT2D eigenvalue weighted by Gasteiger charge is 2.17. The summed E-state index contributed by atoms with van der Waals surface area (Å²) in [5.74, 6) is -0.537. The molecule has 0 aliphatic rings. The largest absolute Gasteiger partial charge is 0.481 e. The number of aliphatic carboxylic acids is 1. The molecule has 0 heterocycles. The lowest BCUT2D eigenvalue weighted by molar-refractivity contribution is -0.138. The summed E-state index contributed by atoms with van der Waals surface area (Å²) in [6.07, 6.45) is 34.2. The van der Waals surface area contributed by atoms with Gasteiger partial charge in [0.15, 0.2) is 0 Å². The van der Waals surface area contributed by atoms with E-state index in [2.05, 4.69) is 19.2 Å². The van der Waals surface area contributed by atoms with Crippen molar-refractivity contribution in [1.29, 1.82) is 0 Å². The zero-order valence-electron chi connectivity index (χ0n) is 32.4. The minimum atomic E-state index is -0.863. The van der Waals surface area contributed by atoms with E-state index >= 15 is 0 Å². The second kappa shape index (κ2) is 41.2. The molecule has 0 aliphatic heterocycles. The number of unbranched alkanes of at least 4 members (excludes halogenated alkanes) is 22. The molecule has 0 fully saturated rings. The van der Waals surface area contributed by atoms with Crippen LogP contribution in [0.4, 0.5) is 0 Å². The van der Waals surface area contributed by atoms with Crippen LogP contribution in [0, 0.1) is 5.92 Å². The van der Waals surface area contributed by atoms with Crippen molar-refractivity contribution in [2.45, 2.75) is 187 Å². The number of carboxylic acids is 1.